The molecule has 0 atom stereocenters. The highest BCUT2D eigenvalue weighted by Crippen LogP contribution is 2.27. The number of hydrogen-bond donors (Lipinski definition) is 1. The molecule has 4 nitrogen and oxygen atoms in total. The Hall–Kier alpha value is -2.75. The molecule has 0 unspecified atom stereocenters. The van der Waals surface area contributed by atoms with Gasteiger partial charge in [0.25, 0.3) is 0 Å². The van der Waals surface area contributed by atoms with Gasteiger partial charge in [-0.3, -0.25) is 14.8 Å². The summed E-state index contributed by atoms with van der Waals surface area (Å²) < 4.78 is 0. The van der Waals surface area contributed by atoms with Gasteiger partial charge in [-0.05, 0) is 43.0 Å². The lowest BCUT2D eigenvalue weighted by Crippen LogP contribution is -2.14. The predicted octanol–water partition coefficient (Wildman–Crippen LogP) is 3.45. The summed E-state index contributed by atoms with van der Waals surface area (Å²) in [6, 6.07) is 8.52. The molecule has 0 saturated heterocycles. The number of aromatic nitrogens is 1. The molecule has 1 amide bonds. The summed E-state index contributed by atoms with van der Waals surface area (Å²) >= 11 is 0. The normalized spacial score (nSPS) is 11.7. The Morgan fingerprint density at radius 3 is 2.83 bits per heavy atom. The number of rotatable bonds is 7. The van der Waals surface area contributed by atoms with E-state index < -0.39 is 0 Å². The number of aryl methyl sites for hydroxylation is 1. The van der Waals surface area contributed by atoms with Crippen molar-refractivity contribution >= 4 is 18.2 Å². The van der Waals surface area contributed by atoms with E-state index in [1.165, 1.54) is 11.1 Å². The molecule has 0 radical (unpaired) electrons. The SMILES string of the molecule is C/C=C(\C=NC)c1cncc(-c2ccc(C)cc2CCNC=O)c1. The van der Waals surface area contributed by atoms with Gasteiger partial charge < -0.3 is 5.32 Å². The number of nitrogens with one attached hydrogen (secondary N) is 1. The van der Waals surface area contributed by atoms with Crippen molar-refractivity contribution in [3.8, 4) is 11.1 Å². The number of hydrogen-bond acceptors (Lipinski definition) is 3. The van der Waals surface area contributed by atoms with Crippen LogP contribution in [0.25, 0.3) is 16.7 Å². The molecule has 1 heterocycles. The highest BCUT2D eigenvalue weighted by Gasteiger charge is 2.08. The second kappa shape index (κ2) is 8.77. The maximum atomic E-state index is 10.5. The van der Waals surface area contributed by atoms with Crippen LogP contribution in [0.4, 0.5) is 0 Å². The minimum absolute atomic E-state index is 0.621. The molecular weight excluding hydrogens is 298 g/mol. The average molecular weight is 321 g/mol. The van der Waals surface area contributed by atoms with Crippen LogP contribution in [-0.2, 0) is 11.2 Å². The van der Waals surface area contributed by atoms with E-state index in [1.807, 2.05) is 31.6 Å². The topological polar surface area (TPSA) is 54.4 Å². The molecule has 24 heavy (non-hydrogen) atoms. The third kappa shape index (κ3) is 4.38. The lowest BCUT2D eigenvalue weighted by atomic mass is 9.95. The molecule has 124 valence electrons. The van der Waals surface area contributed by atoms with Gasteiger partial charge in [0, 0.05) is 43.3 Å². The zero-order valence-electron chi connectivity index (χ0n) is 14.4. The minimum atomic E-state index is 0.621. The lowest BCUT2D eigenvalue weighted by molar-refractivity contribution is -0.109. The Bertz CT molecular complexity index is 763. The summed E-state index contributed by atoms with van der Waals surface area (Å²) in [4.78, 5) is 19.0. The standard InChI is InChI=1S/C20H23N3O/c1-4-16(11-21-3)18-10-19(13-23-12-18)20-6-5-15(2)9-17(20)7-8-22-14-24/h4-6,9-14H,7-8H2,1-3H3,(H,22,24)/b16-4+,21-11?. The molecule has 1 aromatic heterocycles. The summed E-state index contributed by atoms with van der Waals surface area (Å²) in [5, 5.41) is 2.73. The average Bonchev–Trinajstić information content (AvgIpc) is 2.60. The Balaban J connectivity index is 2.42. The number of carbonyl (C=O) groups excluding carboxylic acids is 1. The Morgan fingerprint density at radius 2 is 2.12 bits per heavy atom. The zero-order chi connectivity index (χ0) is 17.4. The predicted molar refractivity (Wildman–Crippen MR) is 100 cm³/mol. The molecule has 0 aliphatic heterocycles. The van der Waals surface area contributed by atoms with Gasteiger partial charge in [0.2, 0.25) is 6.41 Å². The van der Waals surface area contributed by atoms with Crippen LogP contribution < -0.4 is 5.32 Å². The smallest absolute Gasteiger partial charge is 0.207 e. The third-order valence-electron chi connectivity index (χ3n) is 3.84. The van der Waals surface area contributed by atoms with E-state index in [2.05, 4.69) is 46.5 Å². The molecule has 1 N–H and O–H groups in total. The van der Waals surface area contributed by atoms with Gasteiger partial charge in [-0.15, -0.1) is 0 Å². The summed E-state index contributed by atoms with van der Waals surface area (Å²) in [6.07, 6.45) is 9.11. The Kier molecular flexibility index (Phi) is 6.43. The van der Waals surface area contributed by atoms with E-state index in [9.17, 15) is 4.79 Å². The van der Waals surface area contributed by atoms with Crippen LogP contribution in [0.2, 0.25) is 0 Å². The number of amides is 1. The van der Waals surface area contributed by atoms with Gasteiger partial charge in [0.05, 0.1) is 0 Å². The molecule has 0 spiro atoms. The fourth-order valence-corrected chi connectivity index (χ4v) is 2.68. The van der Waals surface area contributed by atoms with Crippen LogP contribution in [0.1, 0.15) is 23.6 Å². The van der Waals surface area contributed by atoms with E-state index >= 15 is 0 Å². The van der Waals surface area contributed by atoms with Crippen LogP contribution in [0.5, 0.6) is 0 Å². The molecule has 2 rings (SSSR count). The molecule has 0 bridgehead atoms. The van der Waals surface area contributed by atoms with Gasteiger partial charge in [-0.1, -0.05) is 29.8 Å². The van der Waals surface area contributed by atoms with Gasteiger partial charge >= 0.3 is 0 Å². The number of nitrogens with zero attached hydrogens (tertiary/aromatic N) is 2. The fourth-order valence-electron chi connectivity index (χ4n) is 2.68. The van der Waals surface area contributed by atoms with Crippen molar-refractivity contribution in [3.63, 3.8) is 0 Å². The quantitative estimate of drug-likeness (QED) is 0.482. The van der Waals surface area contributed by atoms with Crippen molar-refractivity contribution in [1.82, 2.24) is 10.3 Å². The van der Waals surface area contributed by atoms with E-state index in [0.29, 0.717) is 6.54 Å². The first-order chi connectivity index (χ1) is 11.7. The highest BCUT2D eigenvalue weighted by molar-refractivity contribution is 6.09. The van der Waals surface area contributed by atoms with Crippen molar-refractivity contribution in [1.29, 1.82) is 0 Å². The Morgan fingerprint density at radius 1 is 1.29 bits per heavy atom. The first kappa shape index (κ1) is 17.6. The van der Waals surface area contributed by atoms with E-state index in [-0.39, 0.29) is 0 Å². The van der Waals surface area contributed by atoms with Crippen molar-refractivity contribution in [3.05, 3.63) is 59.4 Å². The van der Waals surface area contributed by atoms with E-state index in [4.69, 9.17) is 0 Å². The van der Waals surface area contributed by atoms with Crippen LogP contribution in [-0.4, -0.2) is 31.2 Å². The summed E-state index contributed by atoms with van der Waals surface area (Å²) in [5.41, 5.74) is 6.70. The minimum Gasteiger partial charge on any atom is -0.358 e. The van der Waals surface area contributed by atoms with Gasteiger partial charge in [0.1, 0.15) is 0 Å². The summed E-state index contributed by atoms with van der Waals surface area (Å²) in [7, 11) is 1.76. The maximum absolute atomic E-state index is 10.5. The van der Waals surface area contributed by atoms with Crippen molar-refractivity contribution in [2.75, 3.05) is 13.6 Å². The van der Waals surface area contributed by atoms with Gasteiger partial charge in [-0.2, -0.15) is 0 Å². The lowest BCUT2D eigenvalue weighted by Gasteiger charge is -2.12. The molecule has 0 aliphatic rings. The molecule has 0 aliphatic carbocycles. The van der Waals surface area contributed by atoms with E-state index in [1.54, 1.807) is 7.05 Å². The number of carbonyl (C=O) groups is 1. The maximum Gasteiger partial charge on any atom is 0.207 e. The van der Waals surface area contributed by atoms with Crippen molar-refractivity contribution in [2.45, 2.75) is 20.3 Å². The van der Waals surface area contributed by atoms with Crippen LogP contribution in [0.3, 0.4) is 0 Å². The first-order valence-electron chi connectivity index (χ1n) is 8.00. The molecule has 0 saturated carbocycles. The van der Waals surface area contributed by atoms with Crippen LogP contribution in [0, 0.1) is 6.92 Å². The fraction of sp³-hybridized carbons (Fsp3) is 0.250. The van der Waals surface area contributed by atoms with Gasteiger partial charge in [0.15, 0.2) is 0 Å². The largest absolute Gasteiger partial charge is 0.358 e. The summed E-state index contributed by atoms with van der Waals surface area (Å²) in [5.74, 6) is 0. The zero-order valence-corrected chi connectivity index (χ0v) is 14.4. The van der Waals surface area contributed by atoms with Crippen LogP contribution in [0.15, 0.2) is 47.7 Å². The molecular formula is C20H23N3O. The number of pyridine rings is 1. The second-order valence-corrected chi connectivity index (χ2v) is 5.58. The van der Waals surface area contributed by atoms with Crippen molar-refractivity contribution < 1.29 is 4.79 Å². The third-order valence-corrected chi connectivity index (χ3v) is 3.84. The number of aliphatic imine (C=N–C) groups is 1. The molecule has 4 heteroatoms. The number of allylic oxidation sites excluding steroid dienone is 2. The second-order valence-electron chi connectivity index (χ2n) is 5.58. The Labute approximate surface area is 143 Å². The summed E-state index contributed by atoms with van der Waals surface area (Å²) in [6.45, 7) is 4.69. The molecule has 2 aromatic rings. The molecule has 1 aromatic carbocycles. The number of benzene rings is 1. The van der Waals surface area contributed by atoms with Gasteiger partial charge in [-0.25, -0.2) is 0 Å². The monoisotopic (exact) mass is 321 g/mol. The highest BCUT2D eigenvalue weighted by atomic mass is 16.1. The molecule has 0 fully saturated rings. The van der Waals surface area contributed by atoms with E-state index in [0.717, 1.165) is 35.1 Å². The first-order valence-corrected chi connectivity index (χ1v) is 8.00. The van der Waals surface area contributed by atoms with Crippen molar-refractivity contribution in [2.24, 2.45) is 4.99 Å². The van der Waals surface area contributed by atoms with Crippen LogP contribution >= 0.6 is 0 Å².